The van der Waals surface area contributed by atoms with Crippen LogP contribution in [0.2, 0.25) is 0 Å². The Balaban J connectivity index is 1.70. The lowest BCUT2D eigenvalue weighted by molar-refractivity contribution is 0.0741. The van der Waals surface area contributed by atoms with Crippen molar-refractivity contribution >= 4 is 5.91 Å². The molecule has 1 unspecified atom stereocenters. The monoisotopic (exact) mass is 284 g/mol. The number of benzene rings is 1. The molecule has 0 aliphatic carbocycles. The van der Waals surface area contributed by atoms with Crippen LogP contribution in [0.25, 0.3) is 0 Å². The van der Waals surface area contributed by atoms with E-state index in [4.69, 9.17) is 5.73 Å². The molecule has 2 heterocycles. The zero-order valence-electron chi connectivity index (χ0n) is 12.0. The molecule has 0 spiro atoms. The van der Waals surface area contributed by atoms with Gasteiger partial charge in [0.25, 0.3) is 5.91 Å². The second-order valence-electron chi connectivity index (χ2n) is 5.46. The van der Waals surface area contributed by atoms with Crippen LogP contribution in [0.3, 0.4) is 0 Å². The minimum Gasteiger partial charge on any atom is -0.334 e. The number of nitrogens with zero attached hydrogens (tertiary/aromatic N) is 3. The van der Waals surface area contributed by atoms with Gasteiger partial charge in [0.1, 0.15) is 0 Å². The topological polar surface area (TPSA) is 64.2 Å². The second kappa shape index (κ2) is 6.10. The Morgan fingerprint density at radius 2 is 2.14 bits per heavy atom. The highest BCUT2D eigenvalue weighted by molar-refractivity contribution is 5.94. The van der Waals surface area contributed by atoms with Gasteiger partial charge in [-0.05, 0) is 30.5 Å². The van der Waals surface area contributed by atoms with Crippen molar-refractivity contribution in [1.29, 1.82) is 0 Å². The van der Waals surface area contributed by atoms with Gasteiger partial charge in [-0.15, -0.1) is 0 Å². The van der Waals surface area contributed by atoms with Crippen molar-refractivity contribution < 1.29 is 4.79 Å². The Morgan fingerprint density at radius 1 is 1.33 bits per heavy atom. The summed E-state index contributed by atoms with van der Waals surface area (Å²) in [4.78, 5) is 18.4. The molecule has 5 nitrogen and oxygen atoms in total. The van der Waals surface area contributed by atoms with Crippen LogP contribution in [0.4, 0.5) is 0 Å². The molecule has 1 fully saturated rings. The Labute approximate surface area is 124 Å². The van der Waals surface area contributed by atoms with Crippen LogP contribution in [-0.4, -0.2) is 39.5 Å². The van der Waals surface area contributed by atoms with Crippen molar-refractivity contribution in [2.24, 2.45) is 5.73 Å². The summed E-state index contributed by atoms with van der Waals surface area (Å²) in [5.41, 5.74) is 7.63. The van der Waals surface area contributed by atoms with Crippen molar-refractivity contribution in [3.8, 4) is 0 Å². The maximum absolute atomic E-state index is 12.5. The summed E-state index contributed by atoms with van der Waals surface area (Å²) in [6.45, 7) is 2.13. The Bertz CT molecular complexity index is 591. The Kier molecular flexibility index (Phi) is 4.01. The summed E-state index contributed by atoms with van der Waals surface area (Å²) in [7, 11) is 0. The van der Waals surface area contributed by atoms with E-state index in [0.29, 0.717) is 6.54 Å². The van der Waals surface area contributed by atoms with E-state index in [2.05, 4.69) is 4.98 Å². The van der Waals surface area contributed by atoms with Gasteiger partial charge in [0.15, 0.2) is 0 Å². The SMILES string of the molecule is NCC1CCCN1C(=O)c1ccc(Cn2ccnc2)cc1. The molecule has 1 amide bonds. The van der Waals surface area contributed by atoms with E-state index in [1.54, 1.807) is 12.5 Å². The van der Waals surface area contributed by atoms with E-state index in [-0.39, 0.29) is 11.9 Å². The minimum atomic E-state index is 0.0946. The number of carbonyl (C=O) groups excluding carboxylic acids is 1. The predicted octanol–water partition coefficient (Wildman–Crippen LogP) is 1.49. The number of aromatic nitrogens is 2. The fourth-order valence-corrected chi connectivity index (χ4v) is 2.86. The van der Waals surface area contributed by atoms with Gasteiger partial charge >= 0.3 is 0 Å². The highest BCUT2D eigenvalue weighted by atomic mass is 16.2. The zero-order valence-corrected chi connectivity index (χ0v) is 12.0. The smallest absolute Gasteiger partial charge is 0.254 e. The number of imidazole rings is 1. The lowest BCUT2D eigenvalue weighted by atomic mass is 10.1. The molecule has 0 bridgehead atoms. The number of amides is 1. The van der Waals surface area contributed by atoms with Crippen molar-refractivity contribution in [1.82, 2.24) is 14.5 Å². The number of rotatable bonds is 4. The highest BCUT2D eigenvalue weighted by Crippen LogP contribution is 2.19. The van der Waals surface area contributed by atoms with Crippen LogP contribution in [0.1, 0.15) is 28.8 Å². The first-order chi connectivity index (χ1) is 10.3. The summed E-state index contributed by atoms with van der Waals surface area (Å²) in [5, 5.41) is 0. The van der Waals surface area contributed by atoms with Crippen LogP contribution in [-0.2, 0) is 6.54 Å². The molecule has 1 aliphatic heterocycles. The molecule has 110 valence electrons. The van der Waals surface area contributed by atoms with Gasteiger partial charge < -0.3 is 15.2 Å². The normalized spacial score (nSPS) is 18.1. The highest BCUT2D eigenvalue weighted by Gasteiger charge is 2.28. The van der Waals surface area contributed by atoms with Crippen LogP contribution in [0, 0.1) is 0 Å². The van der Waals surface area contributed by atoms with Gasteiger partial charge in [0, 0.05) is 43.6 Å². The summed E-state index contributed by atoms with van der Waals surface area (Å²) < 4.78 is 2.00. The summed E-state index contributed by atoms with van der Waals surface area (Å²) >= 11 is 0. The van der Waals surface area contributed by atoms with Gasteiger partial charge in [0.2, 0.25) is 0 Å². The third-order valence-electron chi connectivity index (χ3n) is 4.04. The van der Waals surface area contributed by atoms with Crippen LogP contribution in [0.15, 0.2) is 43.0 Å². The average Bonchev–Trinajstić information content (AvgIpc) is 3.18. The quantitative estimate of drug-likeness (QED) is 0.925. The molecule has 0 radical (unpaired) electrons. The van der Waals surface area contributed by atoms with Crippen LogP contribution >= 0.6 is 0 Å². The maximum Gasteiger partial charge on any atom is 0.254 e. The van der Waals surface area contributed by atoms with Gasteiger partial charge in [-0.3, -0.25) is 4.79 Å². The number of hydrogen-bond acceptors (Lipinski definition) is 3. The van der Waals surface area contributed by atoms with Crippen molar-refractivity contribution in [3.63, 3.8) is 0 Å². The zero-order chi connectivity index (χ0) is 14.7. The first-order valence-corrected chi connectivity index (χ1v) is 7.33. The van der Waals surface area contributed by atoms with E-state index in [0.717, 1.165) is 37.1 Å². The molecule has 2 N–H and O–H groups in total. The molecule has 1 aromatic carbocycles. The summed E-state index contributed by atoms with van der Waals surface area (Å²) in [6.07, 6.45) is 7.54. The third kappa shape index (κ3) is 2.97. The number of likely N-dealkylation sites (tertiary alicyclic amines) is 1. The maximum atomic E-state index is 12.5. The molecule has 2 aromatic rings. The van der Waals surface area contributed by atoms with Crippen LogP contribution < -0.4 is 5.73 Å². The first-order valence-electron chi connectivity index (χ1n) is 7.33. The first kappa shape index (κ1) is 13.8. The van der Waals surface area contributed by atoms with E-state index in [1.807, 2.05) is 39.9 Å². The van der Waals surface area contributed by atoms with Crippen molar-refractivity contribution in [2.75, 3.05) is 13.1 Å². The number of nitrogens with two attached hydrogens (primary N) is 1. The summed E-state index contributed by atoms with van der Waals surface area (Å²) in [6, 6.07) is 8.01. The number of carbonyl (C=O) groups is 1. The van der Waals surface area contributed by atoms with E-state index in [9.17, 15) is 4.79 Å². The van der Waals surface area contributed by atoms with Gasteiger partial charge in [-0.1, -0.05) is 12.1 Å². The van der Waals surface area contributed by atoms with Gasteiger partial charge in [-0.25, -0.2) is 4.98 Å². The Hall–Kier alpha value is -2.14. The fraction of sp³-hybridized carbons (Fsp3) is 0.375. The molecular weight excluding hydrogens is 264 g/mol. The fourth-order valence-electron chi connectivity index (χ4n) is 2.86. The average molecular weight is 284 g/mol. The minimum absolute atomic E-state index is 0.0946. The summed E-state index contributed by atoms with van der Waals surface area (Å²) in [5.74, 6) is 0.0946. The molecule has 3 rings (SSSR count). The van der Waals surface area contributed by atoms with Crippen LogP contribution in [0.5, 0.6) is 0 Å². The third-order valence-corrected chi connectivity index (χ3v) is 4.04. The largest absolute Gasteiger partial charge is 0.334 e. The van der Waals surface area contributed by atoms with E-state index >= 15 is 0 Å². The van der Waals surface area contributed by atoms with Gasteiger partial charge in [0.05, 0.1) is 6.33 Å². The number of hydrogen-bond donors (Lipinski definition) is 1. The Morgan fingerprint density at radius 3 is 2.81 bits per heavy atom. The molecule has 5 heteroatoms. The van der Waals surface area contributed by atoms with Gasteiger partial charge in [-0.2, -0.15) is 0 Å². The lowest BCUT2D eigenvalue weighted by Gasteiger charge is -2.23. The lowest BCUT2D eigenvalue weighted by Crippen LogP contribution is -2.39. The molecule has 21 heavy (non-hydrogen) atoms. The van der Waals surface area contributed by atoms with E-state index < -0.39 is 0 Å². The van der Waals surface area contributed by atoms with E-state index in [1.165, 1.54) is 0 Å². The molecule has 1 aliphatic rings. The molecule has 1 saturated heterocycles. The molecule has 1 atom stereocenters. The standard InChI is InChI=1S/C16H20N4O/c17-10-15-2-1-8-20(15)16(21)14-5-3-13(4-6-14)11-19-9-7-18-12-19/h3-7,9,12,15H,1-2,8,10-11,17H2. The predicted molar refractivity (Wildman–Crippen MR) is 80.9 cm³/mol. The molecular formula is C16H20N4O. The van der Waals surface area contributed by atoms with Crippen molar-refractivity contribution in [2.45, 2.75) is 25.4 Å². The molecule has 0 saturated carbocycles. The second-order valence-corrected chi connectivity index (χ2v) is 5.46. The molecule has 1 aromatic heterocycles. The van der Waals surface area contributed by atoms with Crippen molar-refractivity contribution in [3.05, 3.63) is 54.1 Å².